The number of carbonyl (C=O) groups is 1. The molecule has 0 N–H and O–H groups in total. The van der Waals surface area contributed by atoms with Gasteiger partial charge in [-0.2, -0.15) is 4.31 Å². The van der Waals surface area contributed by atoms with Gasteiger partial charge in [0.25, 0.3) is 0 Å². The van der Waals surface area contributed by atoms with Crippen molar-refractivity contribution in [2.75, 3.05) is 31.1 Å². The van der Waals surface area contributed by atoms with Crippen molar-refractivity contribution in [3.05, 3.63) is 53.8 Å². The van der Waals surface area contributed by atoms with Gasteiger partial charge < -0.3 is 4.74 Å². The number of sulfonamides is 1. The van der Waals surface area contributed by atoms with Crippen LogP contribution in [0.1, 0.15) is 31.2 Å². The highest BCUT2D eigenvalue weighted by Gasteiger charge is 2.36. The lowest BCUT2D eigenvalue weighted by Crippen LogP contribution is -2.46. The summed E-state index contributed by atoms with van der Waals surface area (Å²) in [6, 6.07) is 11.6. The van der Waals surface area contributed by atoms with Crippen molar-refractivity contribution in [1.29, 1.82) is 0 Å². The van der Waals surface area contributed by atoms with E-state index in [1.807, 2.05) is 6.92 Å². The fraction of sp³-hybridized carbons (Fsp3) is 0.440. The van der Waals surface area contributed by atoms with Crippen LogP contribution in [0.3, 0.4) is 0 Å². The van der Waals surface area contributed by atoms with Gasteiger partial charge in [-0.1, -0.05) is 35.1 Å². The number of nitrogens with zero attached hydrogens (tertiary/aromatic N) is 3. The largest absolute Gasteiger partial charge is 0.376 e. The van der Waals surface area contributed by atoms with Gasteiger partial charge in [0.05, 0.1) is 22.2 Å². The number of fused-ring (bicyclic) bond motifs is 1. The fourth-order valence-electron chi connectivity index (χ4n) is 4.70. The molecule has 2 aliphatic heterocycles. The van der Waals surface area contributed by atoms with Gasteiger partial charge in [-0.25, -0.2) is 17.8 Å². The van der Waals surface area contributed by atoms with Gasteiger partial charge in [0.2, 0.25) is 15.9 Å². The molecular formula is C25H28FN3O4S2. The van der Waals surface area contributed by atoms with E-state index in [4.69, 9.17) is 4.74 Å². The Kier molecular flexibility index (Phi) is 6.89. The number of thiazole rings is 1. The highest BCUT2D eigenvalue weighted by atomic mass is 32.2. The third-order valence-electron chi connectivity index (χ3n) is 6.73. The van der Waals surface area contributed by atoms with E-state index in [1.165, 1.54) is 21.7 Å². The maximum atomic E-state index is 14.3. The molecule has 10 heteroatoms. The van der Waals surface area contributed by atoms with Crippen LogP contribution in [0.2, 0.25) is 0 Å². The van der Waals surface area contributed by atoms with E-state index in [0.29, 0.717) is 35.8 Å². The summed E-state index contributed by atoms with van der Waals surface area (Å²) < 4.78 is 48.3. The molecule has 2 fully saturated rings. The first-order chi connectivity index (χ1) is 16.8. The Morgan fingerprint density at radius 3 is 2.57 bits per heavy atom. The number of halogens is 1. The van der Waals surface area contributed by atoms with Crippen molar-refractivity contribution in [2.45, 2.75) is 43.6 Å². The lowest BCUT2D eigenvalue weighted by atomic mass is 9.96. The highest BCUT2D eigenvalue weighted by molar-refractivity contribution is 7.89. The fourth-order valence-corrected chi connectivity index (χ4v) is 7.16. The van der Waals surface area contributed by atoms with Crippen LogP contribution in [0.4, 0.5) is 9.52 Å². The monoisotopic (exact) mass is 517 g/mol. The SMILES string of the molecule is Cc1ccc(S(=O)(=O)N2CCC(C(=O)N(CC3CCCO3)c3nc4c(F)cccc4s3)CC2)cc1. The lowest BCUT2D eigenvalue weighted by molar-refractivity contribution is -0.123. The van der Waals surface area contributed by atoms with E-state index in [2.05, 4.69) is 4.98 Å². The minimum Gasteiger partial charge on any atom is -0.376 e. The van der Waals surface area contributed by atoms with Crippen molar-refractivity contribution >= 4 is 42.6 Å². The first kappa shape index (κ1) is 24.3. The number of carbonyl (C=O) groups excluding carboxylic acids is 1. The molecule has 0 radical (unpaired) electrons. The molecule has 2 aromatic carbocycles. The molecule has 0 saturated carbocycles. The molecule has 0 spiro atoms. The molecule has 7 nitrogen and oxygen atoms in total. The number of aromatic nitrogens is 1. The van der Waals surface area contributed by atoms with Crippen molar-refractivity contribution < 1.29 is 22.3 Å². The molecule has 3 aromatic rings. The zero-order valence-corrected chi connectivity index (χ0v) is 21.2. The number of hydrogen-bond acceptors (Lipinski definition) is 6. The maximum absolute atomic E-state index is 14.3. The number of ether oxygens (including phenoxy) is 1. The smallest absolute Gasteiger partial charge is 0.243 e. The average Bonchev–Trinajstić information content (AvgIpc) is 3.53. The molecule has 1 atom stereocenters. The molecule has 35 heavy (non-hydrogen) atoms. The second-order valence-electron chi connectivity index (χ2n) is 9.16. The number of piperidine rings is 1. The summed E-state index contributed by atoms with van der Waals surface area (Å²) in [5.74, 6) is -0.853. The normalized spacial score (nSPS) is 19.9. The summed E-state index contributed by atoms with van der Waals surface area (Å²) in [5, 5.41) is 0.459. The molecular weight excluding hydrogens is 489 g/mol. The number of para-hydroxylation sites is 1. The number of aryl methyl sites for hydroxylation is 1. The zero-order valence-electron chi connectivity index (χ0n) is 19.5. The van der Waals surface area contributed by atoms with Gasteiger partial charge in [-0.3, -0.25) is 9.69 Å². The summed E-state index contributed by atoms with van der Waals surface area (Å²) in [6.45, 7) is 3.48. The van der Waals surface area contributed by atoms with Gasteiger partial charge in [-0.15, -0.1) is 0 Å². The van der Waals surface area contributed by atoms with Crippen molar-refractivity contribution in [1.82, 2.24) is 9.29 Å². The van der Waals surface area contributed by atoms with Gasteiger partial charge in [0, 0.05) is 25.6 Å². The molecule has 1 aromatic heterocycles. The highest BCUT2D eigenvalue weighted by Crippen LogP contribution is 2.34. The Morgan fingerprint density at radius 1 is 1.17 bits per heavy atom. The zero-order chi connectivity index (χ0) is 24.6. The third-order valence-corrected chi connectivity index (χ3v) is 9.68. The van der Waals surface area contributed by atoms with Crippen LogP contribution in [0.15, 0.2) is 47.4 Å². The molecule has 0 bridgehead atoms. The molecule has 2 aliphatic rings. The Morgan fingerprint density at radius 2 is 1.91 bits per heavy atom. The number of anilines is 1. The van der Waals surface area contributed by atoms with Crippen LogP contribution >= 0.6 is 11.3 Å². The number of rotatable bonds is 6. The van der Waals surface area contributed by atoms with Gasteiger partial charge in [0.1, 0.15) is 11.3 Å². The molecule has 2 saturated heterocycles. The number of hydrogen-bond donors (Lipinski definition) is 0. The second-order valence-corrected chi connectivity index (χ2v) is 12.1. The van der Waals surface area contributed by atoms with E-state index in [-0.39, 0.29) is 41.4 Å². The number of benzene rings is 2. The van der Waals surface area contributed by atoms with Crippen LogP contribution in [-0.4, -0.2) is 56.0 Å². The predicted molar refractivity (Wildman–Crippen MR) is 134 cm³/mol. The molecule has 1 unspecified atom stereocenters. The Hall–Kier alpha value is -2.40. The summed E-state index contributed by atoms with van der Waals surface area (Å²) >= 11 is 1.29. The third kappa shape index (κ3) is 4.97. The van der Waals surface area contributed by atoms with Gasteiger partial charge >= 0.3 is 0 Å². The van der Waals surface area contributed by atoms with E-state index in [9.17, 15) is 17.6 Å². The maximum Gasteiger partial charge on any atom is 0.243 e. The first-order valence-corrected chi connectivity index (χ1v) is 14.1. The minimum absolute atomic E-state index is 0.0854. The van der Waals surface area contributed by atoms with Crippen LogP contribution < -0.4 is 4.90 Å². The minimum atomic E-state index is -3.60. The Balaban J connectivity index is 1.34. The Labute approximate surface area is 208 Å². The summed E-state index contributed by atoms with van der Waals surface area (Å²) in [5.41, 5.74) is 1.26. The lowest BCUT2D eigenvalue weighted by Gasteiger charge is -2.33. The van der Waals surface area contributed by atoms with Crippen LogP contribution in [0.5, 0.6) is 0 Å². The average molecular weight is 518 g/mol. The van der Waals surface area contributed by atoms with Gasteiger partial charge in [-0.05, 0) is 56.9 Å². The van der Waals surface area contributed by atoms with E-state index in [1.54, 1.807) is 41.3 Å². The topological polar surface area (TPSA) is 79.8 Å². The molecule has 5 rings (SSSR count). The Bertz CT molecular complexity index is 1310. The van der Waals surface area contributed by atoms with Crippen LogP contribution in [-0.2, 0) is 19.6 Å². The van der Waals surface area contributed by atoms with Gasteiger partial charge in [0.15, 0.2) is 5.13 Å². The number of amides is 1. The summed E-state index contributed by atoms with van der Waals surface area (Å²) in [4.78, 5) is 20.0. The van der Waals surface area contributed by atoms with E-state index < -0.39 is 15.8 Å². The van der Waals surface area contributed by atoms with Crippen LogP contribution in [0.25, 0.3) is 10.2 Å². The molecule has 1 amide bonds. The predicted octanol–water partition coefficient (Wildman–Crippen LogP) is 4.36. The van der Waals surface area contributed by atoms with Crippen LogP contribution in [0, 0.1) is 18.7 Å². The quantitative estimate of drug-likeness (QED) is 0.486. The van der Waals surface area contributed by atoms with E-state index in [0.717, 1.165) is 18.4 Å². The first-order valence-electron chi connectivity index (χ1n) is 11.9. The second kappa shape index (κ2) is 9.93. The van der Waals surface area contributed by atoms with E-state index >= 15 is 0 Å². The molecule has 3 heterocycles. The van der Waals surface area contributed by atoms with Crippen molar-refractivity contribution in [3.63, 3.8) is 0 Å². The summed E-state index contributed by atoms with van der Waals surface area (Å²) in [6.07, 6.45) is 2.56. The summed E-state index contributed by atoms with van der Waals surface area (Å²) in [7, 11) is -3.60. The standard InChI is InChI=1S/C25H28FN3O4S2/c1-17-7-9-20(10-8-17)35(31,32)28-13-11-18(12-14-28)24(30)29(16-19-4-3-15-33-19)25-27-23-21(26)5-2-6-22(23)34-25/h2,5-10,18-19H,3-4,11-16H2,1H3. The molecule has 0 aliphatic carbocycles. The molecule has 186 valence electrons. The van der Waals surface area contributed by atoms with Crippen molar-refractivity contribution in [3.8, 4) is 0 Å². The van der Waals surface area contributed by atoms with Crippen molar-refractivity contribution in [2.24, 2.45) is 5.92 Å².